The average Bonchev–Trinajstić information content (AvgIpc) is 3.07. The summed E-state index contributed by atoms with van der Waals surface area (Å²) in [6.07, 6.45) is -4.70. The summed E-state index contributed by atoms with van der Waals surface area (Å²) in [5.41, 5.74) is 0.573. The van der Waals surface area contributed by atoms with Crippen molar-refractivity contribution in [1.82, 2.24) is 14.7 Å². The van der Waals surface area contributed by atoms with E-state index in [-0.39, 0.29) is 18.1 Å². The molecule has 8 nitrogen and oxygen atoms in total. The van der Waals surface area contributed by atoms with E-state index in [1.54, 1.807) is 24.0 Å². The first-order chi connectivity index (χ1) is 15.5. The second-order valence-electron chi connectivity index (χ2n) is 7.46. The first kappa shape index (κ1) is 25.0. The lowest BCUT2D eigenvalue weighted by Gasteiger charge is -2.37. The van der Waals surface area contributed by atoms with Gasteiger partial charge in [-0.05, 0) is 19.9 Å². The molecule has 33 heavy (non-hydrogen) atoms. The van der Waals surface area contributed by atoms with E-state index in [2.05, 4.69) is 10.3 Å². The number of hydrogen-bond acceptors (Lipinski definition) is 6. The van der Waals surface area contributed by atoms with Crippen molar-refractivity contribution in [3.05, 3.63) is 39.1 Å². The molecule has 0 spiro atoms. The van der Waals surface area contributed by atoms with Crippen molar-refractivity contribution in [2.45, 2.75) is 26.6 Å². The molecular formula is C20H22Cl2F3N5O3. The van der Waals surface area contributed by atoms with Crippen LogP contribution in [0.4, 0.5) is 18.9 Å². The smallest absolute Gasteiger partial charge is 0.436 e. The van der Waals surface area contributed by atoms with E-state index in [1.807, 2.05) is 4.90 Å². The molecule has 0 atom stereocenters. The molecule has 0 radical (unpaired) electrons. The first-order valence-electron chi connectivity index (χ1n) is 9.87. The summed E-state index contributed by atoms with van der Waals surface area (Å²) >= 11 is 12.0. The lowest BCUT2D eigenvalue weighted by Crippen LogP contribution is -2.50. The minimum Gasteiger partial charge on any atom is -0.495 e. The van der Waals surface area contributed by atoms with Crippen LogP contribution in [0.2, 0.25) is 10.0 Å². The molecule has 1 amide bonds. The fraction of sp³-hybridized carbons (Fsp3) is 0.450. The molecule has 1 aliphatic rings. The Hall–Kier alpha value is -2.66. The van der Waals surface area contributed by atoms with Gasteiger partial charge in [-0.2, -0.15) is 18.3 Å². The molecule has 2 heterocycles. The summed E-state index contributed by atoms with van der Waals surface area (Å²) in [6, 6.07) is 3.38. The van der Waals surface area contributed by atoms with Crippen LogP contribution in [0.25, 0.3) is 0 Å². The molecule has 3 rings (SSSR count). The Balaban J connectivity index is 1.74. The SMILES string of the molecule is COc1cc(N2CCN(C(=O)Cn3nc(C(F)(F)F)c(Cl)c3C)CC2)c(C(C)=NO)cc1Cl. The summed E-state index contributed by atoms with van der Waals surface area (Å²) in [5.74, 6) is 0.0822. The minimum atomic E-state index is -4.70. The molecule has 1 fully saturated rings. The van der Waals surface area contributed by atoms with Crippen LogP contribution in [0.1, 0.15) is 23.9 Å². The topological polar surface area (TPSA) is 83.2 Å². The molecule has 0 bridgehead atoms. The molecule has 1 aliphatic heterocycles. The predicted molar refractivity (Wildman–Crippen MR) is 118 cm³/mol. The van der Waals surface area contributed by atoms with Crippen molar-refractivity contribution in [2.75, 3.05) is 38.2 Å². The van der Waals surface area contributed by atoms with Crippen LogP contribution in [0, 0.1) is 6.92 Å². The number of anilines is 1. The highest BCUT2D eigenvalue weighted by Crippen LogP contribution is 2.36. The number of hydrogen-bond donors (Lipinski definition) is 1. The van der Waals surface area contributed by atoms with Crippen molar-refractivity contribution in [3.8, 4) is 5.75 Å². The number of carbonyl (C=O) groups excluding carboxylic acids is 1. The van der Waals surface area contributed by atoms with Gasteiger partial charge >= 0.3 is 6.18 Å². The number of oxime groups is 1. The number of amides is 1. The van der Waals surface area contributed by atoms with E-state index in [4.69, 9.17) is 27.9 Å². The molecular weight excluding hydrogens is 486 g/mol. The molecule has 180 valence electrons. The lowest BCUT2D eigenvalue weighted by molar-refractivity contribution is -0.142. The number of nitrogens with zero attached hydrogens (tertiary/aromatic N) is 5. The summed E-state index contributed by atoms with van der Waals surface area (Å²) in [7, 11) is 1.49. The maximum Gasteiger partial charge on any atom is 0.436 e. The van der Waals surface area contributed by atoms with Crippen LogP contribution < -0.4 is 9.64 Å². The van der Waals surface area contributed by atoms with Gasteiger partial charge in [0.05, 0.1) is 28.6 Å². The number of piperazine rings is 1. The van der Waals surface area contributed by atoms with Crippen molar-refractivity contribution >= 4 is 40.5 Å². The second-order valence-corrected chi connectivity index (χ2v) is 8.25. The summed E-state index contributed by atoms with van der Waals surface area (Å²) < 4.78 is 45.4. The number of rotatable bonds is 5. The van der Waals surface area contributed by atoms with Gasteiger partial charge in [0.15, 0.2) is 5.69 Å². The zero-order valence-corrected chi connectivity index (χ0v) is 19.6. The normalized spacial score (nSPS) is 15.2. The Morgan fingerprint density at radius 3 is 2.39 bits per heavy atom. The standard InChI is InChI=1S/C20H22Cl2F3N5O3/c1-11(27-32)13-8-14(21)16(33-3)9-15(13)28-4-6-29(7-5-28)17(31)10-30-12(2)18(22)19(26-30)20(23,24)25/h8-9,32H,4-7,10H2,1-3H3. The Bertz CT molecular complexity index is 1080. The van der Waals surface area contributed by atoms with Gasteiger partial charge < -0.3 is 19.7 Å². The predicted octanol–water partition coefficient (Wildman–Crippen LogP) is 4.07. The lowest BCUT2D eigenvalue weighted by atomic mass is 10.1. The van der Waals surface area contributed by atoms with Gasteiger partial charge in [-0.3, -0.25) is 9.48 Å². The number of carbonyl (C=O) groups is 1. The zero-order chi connectivity index (χ0) is 24.5. The quantitative estimate of drug-likeness (QED) is 0.374. The Labute approximate surface area is 198 Å². The van der Waals surface area contributed by atoms with E-state index in [0.29, 0.717) is 48.2 Å². The minimum absolute atomic E-state index is 0.0765. The molecule has 0 aliphatic carbocycles. The van der Waals surface area contributed by atoms with Gasteiger partial charge in [0.1, 0.15) is 12.3 Å². The zero-order valence-electron chi connectivity index (χ0n) is 18.1. The number of benzene rings is 1. The molecule has 2 aromatic rings. The third-order valence-corrected chi connectivity index (χ3v) is 6.22. The van der Waals surface area contributed by atoms with Gasteiger partial charge in [0.25, 0.3) is 0 Å². The number of alkyl halides is 3. The van der Waals surface area contributed by atoms with Crippen molar-refractivity contribution < 1.29 is 27.9 Å². The van der Waals surface area contributed by atoms with Crippen LogP contribution in [0.3, 0.4) is 0 Å². The molecule has 0 saturated carbocycles. The van der Waals surface area contributed by atoms with E-state index in [1.165, 1.54) is 14.0 Å². The van der Waals surface area contributed by atoms with Gasteiger partial charge in [0, 0.05) is 43.5 Å². The van der Waals surface area contributed by atoms with Gasteiger partial charge in [-0.1, -0.05) is 28.4 Å². The van der Waals surface area contributed by atoms with E-state index >= 15 is 0 Å². The summed E-state index contributed by atoms with van der Waals surface area (Å²) in [6.45, 7) is 4.21. The molecule has 1 N–H and O–H groups in total. The molecule has 0 unspecified atom stereocenters. The third-order valence-electron chi connectivity index (χ3n) is 5.47. The number of ether oxygens (including phenoxy) is 1. The summed E-state index contributed by atoms with van der Waals surface area (Å²) in [4.78, 5) is 16.3. The highest BCUT2D eigenvalue weighted by Gasteiger charge is 2.38. The molecule has 1 saturated heterocycles. The summed E-state index contributed by atoms with van der Waals surface area (Å²) in [5, 5.41) is 15.8. The van der Waals surface area contributed by atoms with E-state index < -0.39 is 16.9 Å². The maximum absolute atomic E-state index is 13.0. The number of methoxy groups -OCH3 is 1. The highest BCUT2D eigenvalue weighted by atomic mass is 35.5. The Kier molecular flexibility index (Phi) is 7.32. The van der Waals surface area contributed by atoms with Crippen molar-refractivity contribution in [2.24, 2.45) is 5.16 Å². The van der Waals surface area contributed by atoms with Crippen molar-refractivity contribution in [3.63, 3.8) is 0 Å². The molecule has 13 heteroatoms. The monoisotopic (exact) mass is 507 g/mol. The first-order valence-corrected chi connectivity index (χ1v) is 10.6. The van der Waals surface area contributed by atoms with E-state index in [0.717, 1.165) is 10.4 Å². The second kappa shape index (κ2) is 9.68. The van der Waals surface area contributed by atoms with Gasteiger partial charge in [-0.15, -0.1) is 0 Å². The van der Waals surface area contributed by atoms with Crippen LogP contribution in [0.15, 0.2) is 17.3 Å². The van der Waals surface area contributed by atoms with Gasteiger partial charge in [0.2, 0.25) is 5.91 Å². The third kappa shape index (κ3) is 5.14. The fourth-order valence-electron chi connectivity index (χ4n) is 3.59. The van der Waals surface area contributed by atoms with E-state index in [9.17, 15) is 23.2 Å². The fourth-order valence-corrected chi connectivity index (χ4v) is 4.07. The maximum atomic E-state index is 13.0. The van der Waals surface area contributed by atoms with Gasteiger partial charge in [-0.25, -0.2) is 0 Å². The van der Waals surface area contributed by atoms with Crippen molar-refractivity contribution in [1.29, 1.82) is 0 Å². The Morgan fingerprint density at radius 2 is 1.88 bits per heavy atom. The number of halogens is 5. The average molecular weight is 508 g/mol. The van der Waals surface area contributed by atoms with Crippen LogP contribution in [0.5, 0.6) is 5.75 Å². The van der Waals surface area contributed by atoms with Crippen LogP contribution in [-0.4, -0.2) is 64.8 Å². The highest BCUT2D eigenvalue weighted by molar-refractivity contribution is 6.33. The molecule has 1 aromatic heterocycles. The molecule has 1 aromatic carbocycles. The number of aromatic nitrogens is 2. The van der Waals surface area contributed by atoms with Crippen LogP contribution in [-0.2, 0) is 17.5 Å². The largest absolute Gasteiger partial charge is 0.495 e. The Morgan fingerprint density at radius 1 is 1.24 bits per heavy atom. The van der Waals surface area contributed by atoms with Crippen LogP contribution >= 0.6 is 23.2 Å².